The maximum absolute atomic E-state index is 12.1. The van der Waals surface area contributed by atoms with Crippen LogP contribution < -0.4 is 10.7 Å². The van der Waals surface area contributed by atoms with Gasteiger partial charge in [0.2, 0.25) is 0 Å². The lowest BCUT2D eigenvalue weighted by Gasteiger charge is -2.05. The Hall–Kier alpha value is -3.44. The molecule has 11 heteroatoms. The van der Waals surface area contributed by atoms with E-state index in [9.17, 15) is 9.00 Å². The smallest absolute Gasteiger partial charge is 0.251 e. The quantitative estimate of drug-likeness (QED) is 0.270. The number of hydrogen-bond acceptors (Lipinski definition) is 7. The van der Waals surface area contributed by atoms with Gasteiger partial charge >= 0.3 is 0 Å². The summed E-state index contributed by atoms with van der Waals surface area (Å²) in [5.74, 6) is 0.759. The molecule has 0 aliphatic rings. The monoisotopic (exact) mass is 525 g/mol. The van der Waals surface area contributed by atoms with Crippen molar-refractivity contribution in [1.29, 1.82) is 0 Å². The van der Waals surface area contributed by atoms with Gasteiger partial charge in [-0.2, -0.15) is 10.2 Å². The van der Waals surface area contributed by atoms with Crippen LogP contribution >= 0.6 is 15.9 Å². The summed E-state index contributed by atoms with van der Waals surface area (Å²) in [6.07, 6.45) is 6.39. The maximum atomic E-state index is 12.1. The fourth-order valence-corrected chi connectivity index (χ4v) is 3.81. The highest BCUT2D eigenvalue weighted by Gasteiger charge is 2.11. The van der Waals surface area contributed by atoms with Gasteiger partial charge in [-0.25, -0.2) is 14.6 Å². The van der Waals surface area contributed by atoms with E-state index in [2.05, 4.69) is 46.8 Å². The Labute approximate surface area is 200 Å². The molecule has 0 aliphatic carbocycles. The van der Waals surface area contributed by atoms with Gasteiger partial charge in [0.25, 0.3) is 5.91 Å². The molecule has 0 aliphatic heterocycles. The highest BCUT2D eigenvalue weighted by atomic mass is 79.9. The number of hydrogen-bond donors (Lipinski definition) is 2. The van der Waals surface area contributed by atoms with E-state index in [1.807, 2.05) is 24.3 Å². The van der Waals surface area contributed by atoms with Gasteiger partial charge in [-0.3, -0.25) is 14.4 Å². The third kappa shape index (κ3) is 5.68. The van der Waals surface area contributed by atoms with Crippen LogP contribution in [-0.4, -0.2) is 54.6 Å². The molecule has 0 radical (unpaired) electrons. The minimum absolute atomic E-state index is 0.201. The summed E-state index contributed by atoms with van der Waals surface area (Å²) in [6, 6.07) is 14.8. The summed E-state index contributed by atoms with van der Waals surface area (Å²) in [5.41, 5.74) is 5.80. The van der Waals surface area contributed by atoms with E-state index in [0.29, 0.717) is 29.3 Å². The van der Waals surface area contributed by atoms with Gasteiger partial charge in [-0.1, -0.05) is 34.1 Å². The van der Waals surface area contributed by atoms with Crippen molar-refractivity contribution in [2.45, 2.75) is 0 Å². The van der Waals surface area contributed by atoms with E-state index < -0.39 is 10.8 Å². The van der Waals surface area contributed by atoms with Gasteiger partial charge in [0, 0.05) is 39.4 Å². The molecule has 0 saturated carbocycles. The molecule has 2 aromatic heterocycles. The molecule has 33 heavy (non-hydrogen) atoms. The first-order valence-corrected chi connectivity index (χ1v) is 12.5. The zero-order chi connectivity index (χ0) is 23.2. The van der Waals surface area contributed by atoms with E-state index >= 15 is 0 Å². The molecule has 2 N–H and O–H groups in total. The van der Waals surface area contributed by atoms with E-state index in [1.54, 1.807) is 47.6 Å². The highest BCUT2D eigenvalue weighted by molar-refractivity contribution is 9.10. The molecule has 1 amide bonds. The van der Waals surface area contributed by atoms with E-state index in [1.165, 1.54) is 6.33 Å². The average Bonchev–Trinajstić information content (AvgIpc) is 3.24. The van der Waals surface area contributed by atoms with Crippen LogP contribution in [0.5, 0.6) is 0 Å². The zero-order valence-electron chi connectivity index (χ0n) is 17.6. The molecular formula is C22H20BrN7O2S. The Balaban J connectivity index is 1.44. The van der Waals surface area contributed by atoms with Crippen molar-refractivity contribution in [2.24, 2.45) is 5.10 Å². The number of nitrogens with zero attached hydrogens (tertiary/aromatic N) is 5. The highest BCUT2D eigenvalue weighted by Crippen LogP contribution is 2.23. The summed E-state index contributed by atoms with van der Waals surface area (Å²) in [6.45, 7) is 0.376. The summed E-state index contributed by atoms with van der Waals surface area (Å²) in [7, 11) is -0.936. The van der Waals surface area contributed by atoms with Crippen molar-refractivity contribution < 1.29 is 9.00 Å². The Morgan fingerprint density at radius 2 is 2.03 bits per heavy atom. The molecule has 0 saturated heterocycles. The minimum atomic E-state index is -0.936. The van der Waals surface area contributed by atoms with E-state index in [4.69, 9.17) is 0 Å². The molecule has 4 rings (SSSR count). The molecule has 1 unspecified atom stereocenters. The normalized spacial score (nSPS) is 12.2. The van der Waals surface area contributed by atoms with Crippen LogP contribution in [0.25, 0.3) is 16.7 Å². The molecule has 2 aromatic carbocycles. The molecule has 0 spiro atoms. The van der Waals surface area contributed by atoms with Crippen LogP contribution in [0.2, 0.25) is 0 Å². The molecular weight excluding hydrogens is 506 g/mol. The number of carbonyl (C=O) groups is 1. The first kappa shape index (κ1) is 22.7. The molecule has 168 valence electrons. The van der Waals surface area contributed by atoms with Crippen molar-refractivity contribution in [3.63, 3.8) is 0 Å². The maximum Gasteiger partial charge on any atom is 0.251 e. The summed E-state index contributed by atoms with van der Waals surface area (Å²) in [5, 5.41) is 12.2. The number of rotatable bonds is 8. The summed E-state index contributed by atoms with van der Waals surface area (Å²) in [4.78, 5) is 20.7. The second-order valence-corrected chi connectivity index (χ2v) is 9.49. The first-order valence-electron chi connectivity index (χ1n) is 9.93. The fourth-order valence-electron chi connectivity index (χ4n) is 3.03. The van der Waals surface area contributed by atoms with Crippen molar-refractivity contribution in [3.8, 4) is 5.69 Å². The lowest BCUT2D eigenvalue weighted by molar-refractivity contribution is 0.0956. The second-order valence-electron chi connectivity index (χ2n) is 7.02. The van der Waals surface area contributed by atoms with Crippen molar-refractivity contribution >= 4 is 55.7 Å². The number of nitrogens with one attached hydrogen (secondary N) is 2. The average molecular weight is 526 g/mol. The van der Waals surface area contributed by atoms with Crippen molar-refractivity contribution in [1.82, 2.24) is 25.1 Å². The molecule has 4 aromatic rings. The van der Waals surface area contributed by atoms with Gasteiger partial charge in [0.05, 0.1) is 23.5 Å². The number of anilines is 1. The summed E-state index contributed by atoms with van der Waals surface area (Å²) < 4.78 is 13.8. The fraction of sp³-hybridized carbons (Fsp3) is 0.136. The van der Waals surface area contributed by atoms with Crippen LogP contribution in [-0.2, 0) is 10.8 Å². The van der Waals surface area contributed by atoms with Gasteiger partial charge in [-0.05, 0) is 35.9 Å². The molecule has 1 atom stereocenters. The number of aromatic nitrogens is 4. The van der Waals surface area contributed by atoms with Crippen LogP contribution in [0.4, 0.5) is 5.82 Å². The zero-order valence-corrected chi connectivity index (χ0v) is 20.0. The van der Waals surface area contributed by atoms with E-state index in [-0.39, 0.29) is 5.91 Å². The largest absolute Gasteiger partial charge is 0.351 e. The number of carbonyl (C=O) groups excluding carboxylic acids is 1. The third-order valence-electron chi connectivity index (χ3n) is 4.65. The van der Waals surface area contributed by atoms with Gasteiger partial charge in [0.1, 0.15) is 6.33 Å². The minimum Gasteiger partial charge on any atom is -0.351 e. The van der Waals surface area contributed by atoms with Crippen molar-refractivity contribution in [3.05, 3.63) is 76.7 Å². The standard InChI is InChI=1S/C22H20BrN7O2S/c1-33(32)10-9-24-22(31)16-7-5-15(6-8-16)12-27-29-20-19-13-28-30(21(19)26-14-25-20)18-4-2-3-17(23)11-18/h2-8,11-14H,9-10H2,1H3,(H,24,31)(H,25,26,29)/b27-12+. The Kier molecular flexibility index (Phi) is 7.20. The Morgan fingerprint density at radius 1 is 1.21 bits per heavy atom. The van der Waals surface area contributed by atoms with E-state index in [0.717, 1.165) is 21.1 Å². The molecule has 0 bridgehead atoms. The SMILES string of the molecule is CS(=O)CCNC(=O)c1ccc(/C=N/Nc2ncnc3c2cnn3-c2cccc(Br)c2)cc1. The lowest BCUT2D eigenvalue weighted by Crippen LogP contribution is -2.27. The van der Waals surface area contributed by atoms with Gasteiger partial charge in [-0.15, -0.1) is 0 Å². The number of fused-ring (bicyclic) bond motifs is 1. The molecule has 2 heterocycles. The summed E-state index contributed by atoms with van der Waals surface area (Å²) >= 11 is 3.47. The Morgan fingerprint density at radius 3 is 2.79 bits per heavy atom. The Bertz CT molecular complexity index is 1340. The van der Waals surface area contributed by atoms with Gasteiger partial charge < -0.3 is 5.32 Å². The number of amides is 1. The number of benzene rings is 2. The predicted molar refractivity (Wildman–Crippen MR) is 133 cm³/mol. The first-order chi connectivity index (χ1) is 16.0. The van der Waals surface area contributed by atoms with Crippen LogP contribution in [0.15, 0.2) is 70.6 Å². The topological polar surface area (TPSA) is 114 Å². The van der Waals surface area contributed by atoms with Crippen LogP contribution in [0, 0.1) is 0 Å². The second kappa shape index (κ2) is 10.5. The van der Waals surface area contributed by atoms with Gasteiger partial charge in [0.15, 0.2) is 11.5 Å². The lowest BCUT2D eigenvalue weighted by atomic mass is 10.1. The predicted octanol–water partition coefficient (Wildman–Crippen LogP) is 3.13. The molecule has 9 nitrogen and oxygen atoms in total. The van der Waals surface area contributed by atoms with Crippen LogP contribution in [0.3, 0.4) is 0 Å². The third-order valence-corrected chi connectivity index (χ3v) is 5.92. The van der Waals surface area contributed by atoms with Crippen molar-refractivity contribution in [2.75, 3.05) is 24.0 Å². The number of halogens is 1. The number of hydrazone groups is 1. The molecule has 0 fully saturated rings. The van der Waals surface area contributed by atoms with Crippen LogP contribution in [0.1, 0.15) is 15.9 Å².